The lowest BCUT2D eigenvalue weighted by Gasteiger charge is -2.18. The molecule has 0 spiro atoms. The highest BCUT2D eigenvalue weighted by Gasteiger charge is 2.21. The molecule has 21 heavy (non-hydrogen) atoms. The van der Waals surface area contributed by atoms with Crippen LogP contribution in [-0.2, 0) is 6.42 Å². The predicted molar refractivity (Wildman–Crippen MR) is 74.2 cm³/mol. The van der Waals surface area contributed by atoms with E-state index in [-0.39, 0.29) is 12.0 Å². The summed E-state index contributed by atoms with van der Waals surface area (Å²) in [6.07, 6.45) is 0.0341. The minimum absolute atomic E-state index is 0.0341. The number of nitrogens with one attached hydrogen (secondary N) is 1. The standard InChI is InChI=1S/C14H11BrF4N2/c15-8-1-7(2-9(16)4-8)3-13(21-20)14-11(18)5-10(17)6-12(14)19/h1-2,4-6,13,21H,3,20H2. The summed E-state index contributed by atoms with van der Waals surface area (Å²) in [4.78, 5) is 0. The molecule has 112 valence electrons. The van der Waals surface area contributed by atoms with Gasteiger partial charge in [0.15, 0.2) is 0 Å². The van der Waals surface area contributed by atoms with Crippen LogP contribution in [0.2, 0.25) is 0 Å². The molecule has 0 bridgehead atoms. The molecule has 0 heterocycles. The number of rotatable bonds is 4. The van der Waals surface area contributed by atoms with Gasteiger partial charge in [0.05, 0.1) is 6.04 Å². The molecular formula is C14H11BrF4N2. The van der Waals surface area contributed by atoms with Crippen molar-refractivity contribution in [3.8, 4) is 0 Å². The van der Waals surface area contributed by atoms with Gasteiger partial charge in [0, 0.05) is 22.2 Å². The Balaban J connectivity index is 2.36. The third kappa shape index (κ3) is 3.81. The van der Waals surface area contributed by atoms with E-state index in [9.17, 15) is 17.6 Å². The zero-order valence-corrected chi connectivity index (χ0v) is 12.2. The Morgan fingerprint density at radius 2 is 1.52 bits per heavy atom. The summed E-state index contributed by atoms with van der Waals surface area (Å²) in [7, 11) is 0. The quantitative estimate of drug-likeness (QED) is 0.493. The normalized spacial score (nSPS) is 12.5. The average Bonchev–Trinajstić information content (AvgIpc) is 2.35. The summed E-state index contributed by atoms with van der Waals surface area (Å²) in [6, 6.07) is 4.28. The van der Waals surface area contributed by atoms with Crippen LogP contribution in [0.15, 0.2) is 34.8 Å². The van der Waals surface area contributed by atoms with Crippen LogP contribution in [0.5, 0.6) is 0 Å². The van der Waals surface area contributed by atoms with Crippen molar-refractivity contribution in [3.05, 3.63) is 69.2 Å². The Kier molecular flexibility index (Phi) is 4.97. The van der Waals surface area contributed by atoms with Crippen molar-refractivity contribution in [2.45, 2.75) is 12.5 Å². The van der Waals surface area contributed by atoms with Crippen LogP contribution < -0.4 is 11.3 Å². The first kappa shape index (κ1) is 15.9. The molecule has 0 amide bonds. The van der Waals surface area contributed by atoms with Crippen molar-refractivity contribution in [2.24, 2.45) is 5.84 Å². The van der Waals surface area contributed by atoms with Gasteiger partial charge in [-0.2, -0.15) is 0 Å². The van der Waals surface area contributed by atoms with Gasteiger partial charge in [-0.1, -0.05) is 15.9 Å². The SMILES string of the molecule is NNC(Cc1cc(F)cc(Br)c1)c1c(F)cc(F)cc1F. The first-order valence-electron chi connectivity index (χ1n) is 5.96. The third-order valence-electron chi connectivity index (χ3n) is 2.96. The van der Waals surface area contributed by atoms with Crippen molar-refractivity contribution in [1.29, 1.82) is 0 Å². The van der Waals surface area contributed by atoms with E-state index in [0.717, 1.165) is 0 Å². The second-order valence-corrected chi connectivity index (χ2v) is 5.40. The van der Waals surface area contributed by atoms with Crippen molar-refractivity contribution in [2.75, 3.05) is 0 Å². The topological polar surface area (TPSA) is 38.0 Å². The molecule has 0 saturated heterocycles. The minimum atomic E-state index is -1.05. The number of hydrazine groups is 1. The Morgan fingerprint density at radius 3 is 2.05 bits per heavy atom. The largest absolute Gasteiger partial charge is 0.271 e. The Labute approximate surface area is 127 Å². The Bertz CT molecular complexity index is 620. The predicted octanol–water partition coefficient (Wildman–Crippen LogP) is 3.75. The number of hydrogen-bond donors (Lipinski definition) is 2. The van der Waals surface area contributed by atoms with E-state index in [1.165, 1.54) is 12.1 Å². The Morgan fingerprint density at radius 1 is 0.952 bits per heavy atom. The van der Waals surface area contributed by atoms with E-state index in [2.05, 4.69) is 21.4 Å². The first-order chi connectivity index (χ1) is 9.90. The van der Waals surface area contributed by atoms with Gasteiger partial charge in [-0.15, -0.1) is 0 Å². The maximum absolute atomic E-state index is 13.8. The van der Waals surface area contributed by atoms with Gasteiger partial charge in [-0.05, 0) is 30.2 Å². The van der Waals surface area contributed by atoms with Crippen LogP contribution in [0.1, 0.15) is 17.2 Å². The molecule has 2 aromatic carbocycles. The van der Waals surface area contributed by atoms with Gasteiger partial charge in [0.1, 0.15) is 23.3 Å². The molecule has 2 aromatic rings. The van der Waals surface area contributed by atoms with Crippen LogP contribution in [0.3, 0.4) is 0 Å². The summed E-state index contributed by atoms with van der Waals surface area (Å²) >= 11 is 3.13. The molecule has 0 aliphatic heterocycles. The lowest BCUT2D eigenvalue weighted by atomic mass is 9.98. The van der Waals surface area contributed by atoms with Crippen molar-refractivity contribution < 1.29 is 17.6 Å². The summed E-state index contributed by atoms with van der Waals surface area (Å²) in [5, 5.41) is 0. The fraction of sp³-hybridized carbons (Fsp3) is 0.143. The van der Waals surface area contributed by atoms with Gasteiger partial charge < -0.3 is 0 Å². The molecule has 0 radical (unpaired) electrons. The van der Waals surface area contributed by atoms with E-state index in [1.807, 2.05) is 0 Å². The lowest BCUT2D eigenvalue weighted by molar-refractivity contribution is 0.461. The van der Waals surface area contributed by atoms with Crippen LogP contribution in [-0.4, -0.2) is 0 Å². The smallest absolute Gasteiger partial charge is 0.133 e. The number of nitrogens with two attached hydrogens (primary N) is 1. The van der Waals surface area contributed by atoms with Gasteiger partial charge in [0.25, 0.3) is 0 Å². The van der Waals surface area contributed by atoms with Crippen molar-refractivity contribution >= 4 is 15.9 Å². The van der Waals surface area contributed by atoms with Gasteiger partial charge >= 0.3 is 0 Å². The van der Waals surface area contributed by atoms with Gasteiger partial charge in [-0.3, -0.25) is 11.3 Å². The molecule has 0 aromatic heterocycles. The second-order valence-electron chi connectivity index (χ2n) is 4.48. The molecular weight excluding hydrogens is 352 g/mol. The van der Waals surface area contributed by atoms with E-state index in [0.29, 0.717) is 22.2 Å². The van der Waals surface area contributed by atoms with E-state index in [1.54, 1.807) is 6.07 Å². The molecule has 7 heteroatoms. The fourth-order valence-corrected chi connectivity index (χ4v) is 2.61. The fourth-order valence-electron chi connectivity index (χ4n) is 2.10. The number of benzene rings is 2. The molecule has 1 unspecified atom stereocenters. The number of hydrogen-bond acceptors (Lipinski definition) is 2. The summed E-state index contributed by atoms with van der Waals surface area (Å²) < 4.78 is 54.2. The highest BCUT2D eigenvalue weighted by atomic mass is 79.9. The highest BCUT2D eigenvalue weighted by Crippen LogP contribution is 2.26. The van der Waals surface area contributed by atoms with E-state index in [4.69, 9.17) is 5.84 Å². The molecule has 1 atom stereocenters. The van der Waals surface area contributed by atoms with Crippen LogP contribution in [0.25, 0.3) is 0 Å². The zero-order chi connectivity index (χ0) is 15.6. The minimum Gasteiger partial charge on any atom is -0.271 e. The molecule has 0 fully saturated rings. The summed E-state index contributed by atoms with van der Waals surface area (Å²) in [5.41, 5.74) is 2.36. The molecule has 3 N–H and O–H groups in total. The molecule has 0 saturated carbocycles. The van der Waals surface area contributed by atoms with Gasteiger partial charge in [-0.25, -0.2) is 17.6 Å². The maximum Gasteiger partial charge on any atom is 0.133 e. The molecule has 2 rings (SSSR count). The Hall–Kier alpha value is -1.44. The summed E-state index contributed by atoms with van der Waals surface area (Å²) in [5.74, 6) is 1.72. The van der Waals surface area contributed by atoms with E-state index >= 15 is 0 Å². The molecule has 2 nitrogen and oxygen atoms in total. The third-order valence-corrected chi connectivity index (χ3v) is 3.41. The summed E-state index contributed by atoms with van der Waals surface area (Å²) in [6.45, 7) is 0. The average molecular weight is 363 g/mol. The monoisotopic (exact) mass is 362 g/mol. The molecule has 0 aliphatic carbocycles. The van der Waals surface area contributed by atoms with Crippen LogP contribution >= 0.6 is 15.9 Å². The van der Waals surface area contributed by atoms with Crippen LogP contribution in [0.4, 0.5) is 17.6 Å². The number of halogens is 5. The first-order valence-corrected chi connectivity index (χ1v) is 6.75. The molecule has 0 aliphatic rings. The highest BCUT2D eigenvalue weighted by molar-refractivity contribution is 9.10. The lowest BCUT2D eigenvalue weighted by Crippen LogP contribution is -2.31. The van der Waals surface area contributed by atoms with E-state index < -0.39 is 29.3 Å². The van der Waals surface area contributed by atoms with Crippen molar-refractivity contribution in [3.63, 3.8) is 0 Å². The maximum atomic E-state index is 13.8. The zero-order valence-electron chi connectivity index (χ0n) is 10.6. The van der Waals surface area contributed by atoms with Crippen LogP contribution in [0, 0.1) is 23.3 Å². The van der Waals surface area contributed by atoms with Gasteiger partial charge in [0.2, 0.25) is 0 Å². The second kappa shape index (κ2) is 6.55. The van der Waals surface area contributed by atoms with Crippen molar-refractivity contribution in [1.82, 2.24) is 5.43 Å².